The smallest absolute Gasteiger partial charge is 0.337 e. The molecule has 1 N–H and O–H groups in total. The third-order valence-electron chi connectivity index (χ3n) is 4.80. The van der Waals surface area contributed by atoms with Crippen molar-refractivity contribution in [1.82, 2.24) is 0 Å². The maximum atomic E-state index is 12.9. The zero-order chi connectivity index (χ0) is 22.1. The minimum atomic E-state index is -0.514. The summed E-state index contributed by atoms with van der Waals surface area (Å²) >= 11 is 3.32. The van der Waals surface area contributed by atoms with Crippen LogP contribution >= 0.6 is 15.9 Å². The van der Waals surface area contributed by atoms with Crippen LogP contribution in [0.25, 0.3) is 0 Å². The predicted molar refractivity (Wildman–Crippen MR) is 117 cm³/mol. The van der Waals surface area contributed by atoms with Crippen molar-refractivity contribution in [2.45, 2.75) is 0 Å². The van der Waals surface area contributed by atoms with Crippen LogP contribution in [0.1, 0.15) is 41.4 Å². The standard InChI is InChI=1S/C23H15BrN2O5/c1-31-23(30)14-4-9-17(10-5-14)26-21(28)18-11-8-16(12-19(18)22(26)29)25-20(27)13-2-6-15(24)7-3-13/h2-12H,1H3,(H,25,27). The van der Waals surface area contributed by atoms with Crippen molar-refractivity contribution in [1.29, 1.82) is 0 Å². The Hall–Kier alpha value is -3.78. The van der Waals surface area contributed by atoms with E-state index < -0.39 is 17.8 Å². The van der Waals surface area contributed by atoms with Gasteiger partial charge >= 0.3 is 5.97 Å². The Morgan fingerprint density at radius 1 is 0.839 bits per heavy atom. The van der Waals surface area contributed by atoms with Crippen LogP contribution in [0.3, 0.4) is 0 Å². The van der Waals surface area contributed by atoms with Gasteiger partial charge in [-0.15, -0.1) is 0 Å². The molecule has 3 amide bonds. The molecular weight excluding hydrogens is 464 g/mol. The van der Waals surface area contributed by atoms with Crippen molar-refractivity contribution in [3.63, 3.8) is 0 Å². The summed E-state index contributed by atoms with van der Waals surface area (Å²) in [4.78, 5) is 50.8. The summed E-state index contributed by atoms with van der Waals surface area (Å²) in [5, 5.41) is 2.74. The summed E-state index contributed by atoms with van der Waals surface area (Å²) in [6.07, 6.45) is 0. The highest BCUT2D eigenvalue weighted by molar-refractivity contribution is 9.10. The van der Waals surface area contributed by atoms with E-state index in [0.29, 0.717) is 22.5 Å². The fourth-order valence-corrected chi connectivity index (χ4v) is 3.49. The Morgan fingerprint density at radius 2 is 1.45 bits per heavy atom. The summed E-state index contributed by atoms with van der Waals surface area (Å²) in [5.74, 6) is -1.83. The highest BCUT2D eigenvalue weighted by Gasteiger charge is 2.37. The van der Waals surface area contributed by atoms with Gasteiger partial charge in [-0.3, -0.25) is 14.4 Å². The second-order valence-corrected chi connectivity index (χ2v) is 7.62. The van der Waals surface area contributed by atoms with Gasteiger partial charge in [0.05, 0.1) is 29.5 Å². The van der Waals surface area contributed by atoms with Gasteiger partial charge in [-0.1, -0.05) is 15.9 Å². The Kier molecular flexibility index (Phi) is 5.39. The average molecular weight is 479 g/mol. The van der Waals surface area contributed by atoms with Crippen LogP contribution < -0.4 is 10.2 Å². The molecule has 1 aliphatic heterocycles. The monoisotopic (exact) mass is 478 g/mol. The lowest BCUT2D eigenvalue weighted by Crippen LogP contribution is -2.29. The maximum absolute atomic E-state index is 12.9. The van der Waals surface area contributed by atoms with Crippen molar-refractivity contribution < 1.29 is 23.9 Å². The number of nitrogens with zero attached hydrogens (tertiary/aromatic N) is 1. The molecule has 0 fully saturated rings. The molecule has 0 bridgehead atoms. The van der Waals surface area contributed by atoms with Crippen LogP contribution in [0.15, 0.2) is 71.2 Å². The number of imide groups is 1. The molecular formula is C23H15BrN2O5. The van der Waals surface area contributed by atoms with Crippen LogP contribution in [0.4, 0.5) is 11.4 Å². The van der Waals surface area contributed by atoms with E-state index in [1.165, 1.54) is 43.5 Å². The molecule has 0 aliphatic carbocycles. The number of methoxy groups -OCH3 is 1. The molecule has 0 aromatic heterocycles. The maximum Gasteiger partial charge on any atom is 0.337 e. The topological polar surface area (TPSA) is 92.8 Å². The number of anilines is 2. The number of benzene rings is 3. The SMILES string of the molecule is COC(=O)c1ccc(N2C(=O)c3ccc(NC(=O)c4ccc(Br)cc4)cc3C2=O)cc1. The number of halogens is 1. The molecule has 154 valence electrons. The molecule has 0 atom stereocenters. The third-order valence-corrected chi connectivity index (χ3v) is 5.33. The summed E-state index contributed by atoms with van der Waals surface area (Å²) in [6, 6.07) is 17.4. The first-order valence-corrected chi connectivity index (χ1v) is 9.96. The second-order valence-electron chi connectivity index (χ2n) is 6.71. The number of rotatable bonds is 4. The van der Waals surface area contributed by atoms with E-state index in [-0.39, 0.29) is 17.0 Å². The second kappa shape index (κ2) is 8.16. The molecule has 1 heterocycles. The molecule has 0 unspecified atom stereocenters. The van der Waals surface area contributed by atoms with Gasteiger partial charge in [-0.05, 0) is 66.7 Å². The Bertz CT molecular complexity index is 1220. The number of nitrogens with one attached hydrogen (secondary N) is 1. The summed E-state index contributed by atoms with van der Waals surface area (Å²) in [5.41, 5.74) is 1.92. The zero-order valence-corrected chi connectivity index (χ0v) is 17.8. The van der Waals surface area contributed by atoms with Crippen LogP contribution in [-0.2, 0) is 4.74 Å². The largest absolute Gasteiger partial charge is 0.465 e. The van der Waals surface area contributed by atoms with Gasteiger partial charge in [0.1, 0.15) is 0 Å². The molecule has 1 aliphatic rings. The van der Waals surface area contributed by atoms with E-state index in [4.69, 9.17) is 0 Å². The van der Waals surface area contributed by atoms with Crippen molar-refractivity contribution in [3.8, 4) is 0 Å². The summed E-state index contributed by atoms with van der Waals surface area (Å²) < 4.78 is 5.51. The molecule has 0 saturated heterocycles. The molecule has 8 heteroatoms. The van der Waals surface area contributed by atoms with E-state index in [9.17, 15) is 19.2 Å². The first kappa shape index (κ1) is 20.5. The van der Waals surface area contributed by atoms with E-state index in [1.54, 1.807) is 30.3 Å². The average Bonchev–Trinajstić information content (AvgIpc) is 3.03. The first-order chi connectivity index (χ1) is 14.9. The summed E-state index contributed by atoms with van der Waals surface area (Å²) in [6.45, 7) is 0. The fraction of sp³-hybridized carbons (Fsp3) is 0.0435. The van der Waals surface area contributed by atoms with Gasteiger partial charge in [0, 0.05) is 15.7 Å². The Balaban J connectivity index is 1.58. The van der Waals surface area contributed by atoms with E-state index in [2.05, 4.69) is 26.0 Å². The number of carbonyl (C=O) groups excluding carboxylic acids is 4. The van der Waals surface area contributed by atoms with Crippen LogP contribution in [0, 0.1) is 0 Å². The van der Waals surface area contributed by atoms with Crippen molar-refractivity contribution in [2.24, 2.45) is 0 Å². The van der Waals surface area contributed by atoms with Crippen LogP contribution in [0.5, 0.6) is 0 Å². The van der Waals surface area contributed by atoms with Crippen LogP contribution in [0.2, 0.25) is 0 Å². The van der Waals surface area contributed by atoms with E-state index >= 15 is 0 Å². The first-order valence-electron chi connectivity index (χ1n) is 9.17. The molecule has 0 radical (unpaired) electrons. The number of hydrogen-bond acceptors (Lipinski definition) is 5. The van der Waals surface area contributed by atoms with E-state index in [0.717, 1.165) is 9.37 Å². The lowest BCUT2D eigenvalue weighted by molar-refractivity contribution is 0.0600. The minimum absolute atomic E-state index is 0.190. The lowest BCUT2D eigenvalue weighted by Gasteiger charge is -2.14. The van der Waals surface area contributed by atoms with E-state index in [1.807, 2.05) is 0 Å². The van der Waals surface area contributed by atoms with Gasteiger partial charge in [0.25, 0.3) is 17.7 Å². The number of carbonyl (C=O) groups is 4. The van der Waals surface area contributed by atoms with Crippen molar-refractivity contribution in [3.05, 3.63) is 93.5 Å². The number of hydrogen-bond donors (Lipinski definition) is 1. The summed E-state index contributed by atoms with van der Waals surface area (Å²) in [7, 11) is 1.27. The molecule has 3 aromatic carbocycles. The van der Waals surface area contributed by atoms with Gasteiger partial charge in [-0.2, -0.15) is 0 Å². The van der Waals surface area contributed by atoms with Gasteiger partial charge < -0.3 is 10.1 Å². The Morgan fingerprint density at radius 3 is 2.10 bits per heavy atom. The highest BCUT2D eigenvalue weighted by atomic mass is 79.9. The molecule has 0 spiro atoms. The van der Waals surface area contributed by atoms with Gasteiger partial charge in [-0.25, -0.2) is 9.69 Å². The Labute approximate surface area is 185 Å². The number of amides is 3. The lowest BCUT2D eigenvalue weighted by atomic mass is 10.1. The number of fused-ring (bicyclic) bond motifs is 1. The molecule has 31 heavy (non-hydrogen) atoms. The molecule has 7 nitrogen and oxygen atoms in total. The quantitative estimate of drug-likeness (QED) is 0.445. The van der Waals surface area contributed by atoms with Crippen molar-refractivity contribution >= 4 is 51.0 Å². The number of ether oxygens (including phenoxy) is 1. The van der Waals surface area contributed by atoms with Gasteiger partial charge in [0.2, 0.25) is 0 Å². The number of esters is 1. The van der Waals surface area contributed by atoms with Crippen molar-refractivity contribution in [2.75, 3.05) is 17.3 Å². The molecule has 4 rings (SSSR count). The van der Waals surface area contributed by atoms with Crippen LogP contribution in [-0.4, -0.2) is 30.8 Å². The van der Waals surface area contributed by atoms with Gasteiger partial charge in [0.15, 0.2) is 0 Å². The normalized spacial score (nSPS) is 12.5. The zero-order valence-electron chi connectivity index (χ0n) is 16.2. The third kappa shape index (κ3) is 3.85. The predicted octanol–water partition coefficient (Wildman–Crippen LogP) is 4.29. The molecule has 0 saturated carbocycles. The highest BCUT2D eigenvalue weighted by Crippen LogP contribution is 2.30. The fourth-order valence-electron chi connectivity index (χ4n) is 3.22. The minimum Gasteiger partial charge on any atom is -0.465 e. The molecule has 3 aromatic rings.